The van der Waals surface area contributed by atoms with Crippen LogP contribution in [-0.4, -0.2) is 35.7 Å². The molecular formula is C14H13ClF5N3OS. The molecular weight excluding hydrogens is 389 g/mol. The molecule has 25 heavy (non-hydrogen) atoms. The van der Waals surface area contributed by atoms with Crippen molar-refractivity contribution in [3.05, 3.63) is 34.9 Å². The van der Waals surface area contributed by atoms with Gasteiger partial charge in [0, 0.05) is 11.1 Å². The molecule has 4 nitrogen and oxygen atoms in total. The number of rotatable bonds is 6. The van der Waals surface area contributed by atoms with Gasteiger partial charge in [0.1, 0.15) is 10.8 Å². The summed E-state index contributed by atoms with van der Waals surface area (Å²) in [5.74, 6) is -4.41. The van der Waals surface area contributed by atoms with Crippen molar-refractivity contribution in [2.24, 2.45) is 4.99 Å². The van der Waals surface area contributed by atoms with Crippen LogP contribution in [0.15, 0.2) is 34.0 Å². The van der Waals surface area contributed by atoms with Crippen molar-refractivity contribution in [1.29, 1.82) is 0 Å². The molecule has 1 N–H and O–H groups in total. The Morgan fingerprint density at radius 2 is 2.00 bits per heavy atom. The zero-order valence-electron chi connectivity index (χ0n) is 12.8. The highest BCUT2D eigenvalue weighted by Crippen LogP contribution is 2.36. The minimum absolute atomic E-state index is 0.244. The summed E-state index contributed by atoms with van der Waals surface area (Å²) in [6.45, 7) is 0.125. The van der Waals surface area contributed by atoms with E-state index in [2.05, 4.69) is 20.0 Å². The molecule has 0 saturated heterocycles. The van der Waals surface area contributed by atoms with Crippen LogP contribution in [-0.2, 0) is 4.74 Å². The van der Waals surface area contributed by atoms with E-state index in [4.69, 9.17) is 11.6 Å². The van der Waals surface area contributed by atoms with Gasteiger partial charge in [0.15, 0.2) is 18.5 Å². The van der Waals surface area contributed by atoms with Gasteiger partial charge in [-0.1, -0.05) is 18.5 Å². The Balaban J connectivity index is 2.04. The molecule has 0 radical (unpaired) electrons. The number of alkyl halides is 5. The molecule has 0 spiro atoms. The monoisotopic (exact) mass is 401 g/mol. The van der Waals surface area contributed by atoms with Crippen LogP contribution >= 0.6 is 23.4 Å². The van der Waals surface area contributed by atoms with Crippen molar-refractivity contribution < 1.29 is 26.7 Å². The first-order valence-corrected chi connectivity index (χ1v) is 8.36. The van der Waals surface area contributed by atoms with Crippen molar-refractivity contribution in [2.75, 3.05) is 12.4 Å². The number of ether oxygens (including phenoxy) is 1. The van der Waals surface area contributed by atoms with Crippen molar-refractivity contribution in [3.8, 4) is 0 Å². The molecule has 2 heterocycles. The number of hydrogen-bond acceptors (Lipinski definition) is 5. The molecule has 2 rings (SSSR count). The lowest BCUT2D eigenvalue weighted by molar-refractivity contribution is -0.293. The summed E-state index contributed by atoms with van der Waals surface area (Å²) in [4.78, 5) is 9.05. The Hall–Kier alpha value is -1.55. The fourth-order valence-electron chi connectivity index (χ4n) is 1.78. The molecule has 11 heteroatoms. The van der Waals surface area contributed by atoms with Gasteiger partial charge < -0.3 is 10.1 Å². The number of hydrogen-bond donors (Lipinski definition) is 1. The minimum Gasteiger partial charge on any atom is -0.484 e. The first kappa shape index (κ1) is 19.8. The van der Waals surface area contributed by atoms with E-state index in [0.29, 0.717) is 5.69 Å². The molecule has 0 saturated carbocycles. The summed E-state index contributed by atoms with van der Waals surface area (Å²) < 4.78 is 66.5. The average Bonchev–Trinajstić information content (AvgIpc) is 2.54. The molecule has 1 unspecified atom stereocenters. The molecule has 1 aliphatic heterocycles. The summed E-state index contributed by atoms with van der Waals surface area (Å²) in [5, 5.41) is 2.99. The van der Waals surface area contributed by atoms with Gasteiger partial charge in [-0.2, -0.15) is 22.0 Å². The van der Waals surface area contributed by atoms with Gasteiger partial charge in [-0.05, 0) is 17.9 Å². The third kappa shape index (κ3) is 4.97. The van der Waals surface area contributed by atoms with Gasteiger partial charge in [-0.25, -0.2) is 4.98 Å². The average molecular weight is 402 g/mol. The van der Waals surface area contributed by atoms with Crippen molar-refractivity contribution in [1.82, 2.24) is 10.3 Å². The second-order valence-corrected chi connectivity index (χ2v) is 6.53. The number of aromatic nitrogens is 1. The quantitative estimate of drug-likeness (QED) is 0.431. The Kier molecular flexibility index (Phi) is 6.15. The molecule has 0 amide bonds. The van der Waals surface area contributed by atoms with Crippen molar-refractivity contribution >= 4 is 29.6 Å². The molecule has 1 aromatic heterocycles. The van der Waals surface area contributed by atoms with E-state index in [1.165, 1.54) is 11.8 Å². The van der Waals surface area contributed by atoms with Crippen LogP contribution in [0.1, 0.15) is 18.8 Å². The first-order chi connectivity index (χ1) is 11.6. The van der Waals surface area contributed by atoms with Crippen molar-refractivity contribution in [3.63, 3.8) is 0 Å². The highest BCUT2D eigenvalue weighted by Gasteiger charge is 2.58. The number of halogens is 6. The van der Waals surface area contributed by atoms with Gasteiger partial charge in [0.25, 0.3) is 0 Å². The summed E-state index contributed by atoms with van der Waals surface area (Å²) in [7, 11) is 0. The second kappa shape index (κ2) is 7.77. The van der Waals surface area contributed by atoms with Crippen LogP contribution in [0.2, 0.25) is 5.15 Å². The predicted octanol–water partition coefficient (Wildman–Crippen LogP) is 4.58. The molecule has 1 aromatic rings. The molecule has 1 atom stereocenters. The summed E-state index contributed by atoms with van der Waals surface area (Å²) in [6, 6.07) is 3.40. The number of nitrogens with one attached hydrogen (secondary N) is 1. The maximum Gasteiger partial charge on any atom is 0.456 e. The highest BCUT2D eigenvalue weighted by molar-refractivity contribution is 7.99. The molecule has 0 aromatic carbocycles. The van der Waals surface area contributed by atoms with Crippen LogP contribution in [0.3, 0.4) is 0 Å². The van der Waals surface area contributed by atoms with Crippen LogP contribution < -0.4 is 5.32 Å². The van der Waals surface area contributed by atoms with Gasteiger partial charge in [0.05, 0.1) is 6.21 Å². The van der Waals surface area contributed by atoms with E-state index in [9.17, 15) is 22.0 Å². The lowest BCUT2D eigenvalue weighted by Crippen LogP contribution is -2.40. The third-order valence-electron chi connectivity index (χ3n) is 2.98. The van der Waals surface area contributed by atoms with Crippen LogP contribution in [0.5, 0.6) is 0 Å². The number of aliphatic imine (C=N–C) groups is 1. The number of allylic oxidation sites excluding steroid dienone is 1. The van der Waals surface area contributed by atoms with Gasteiger partial charge in [-0.15, -0.1) is 11.8 Å². The minimum atomic E-state index is -5.67. The lowest BCUT2D eigenvalue weighted by atomic mass is 10.2. The normalized spacial score (nSPS) is 17.9. The highest BCUT2D eigenvalue weighted by atomic mass is 35.5. The van der Waals surface area contributed by atoms with Crippen molar-refractivity contribution in [2.45, 2.75) is 30.1 Å². The van der Waals surface area contributed by atoms with Gasteiger partial charge in [0.2, 0.25) is 0 Å². The van der Waals surface area contributed by atoms with E-state index in [1.54, 1.807) is 12.1 Å². The number of thioether (sulfide) groups is 1. The second-order valence-electron chi connectivity index (χ2n) is 4.84. The molecule has 0 aliphatic carbocycles. The third-order valence-corrected chi connectivity index (χ3v) is 4.14. The van der Waals surface area contributed by atoms with Gasteiger partial charge in [-0.3, -0.25) is 4.99 Å². The van der Waals surface area contributed by atoms with E-state index < -0.39 is 24.9 Å². The summed E-state index contributed by atoms with van der Waals surface area (Å²) >= 11 is 7.39. The topological polar surface area (TPSA) is 46.5 Å². The van der Waals surface area contributed by atoms with Crippen LogP contribution in [0.25, 0.3) is 0 Å². The smallest absolute Gasteiger partial charge is 0.456 e. The number of nitrogens with zero attached hydrogens (tertiary/aromatic N) is 2. The van der Waals surface area contributed by atoms with E-state index in [1.807, 2.05) is 6.92 Å². The zero-order chi connectivity index (χ0) is 18.7. The van der Waals surface area contributed by atoms with E-state index in [0.717, 1.165) is 23.1 Å². The molecule has 138 valence electrons. The molecule has 0 bridgehead atoms. The molecule has 1 aliphatic rings. The van der Waals surface area contributed by atoms with Crippen LogP contribution in [0, 0.1) is 0 Å². The zero-order valence-corrected chi connectivity index (χ0v) is 14.4. The largest absolute Gasteiger partial charge is 0.484 e. The SMILES string of the molecule is CCSc1ccc(Cl)nc1C1N=CC(OCC(F)(F)C(F)(F)F)=CN1. The standard InChI is InChI=1S/C14H13ClF5N3OS/c1-2-25-9-3-4-10(15)23-11(9)12-21-5-8(6-22-12)24-7-13(16,17)14(18,19)20/h3-6,12,21H,2,7H2,1H3. The Morgan fingerprint density at radius 1 is 1.28 bits per heavy atom. The fraction of sp³-hybridized carbons (Fsp3) is 0.429. The summed E-state index contributed by atoms with van der Waals surface area (Å²) in [6.07, 6.45) is -4.10. The maximum absolute atomic E-state index is 12.8. The Bertz CT molecular complexity index is 681. The maximum atomic E-state index is 12.8. The molecule has 0 fully saturated rings. The Morgan fingerprint density at radius 3 is 2.56 bits per heavy atom. The van der Waals surface area contributed by atoms with E-state index >= 15 is 0 Å². The van der Waals surface area contributed by atoms with Crippen LogP contribution in [0.4, 0.5) is 22.0 Å². The number of pyridine rings is 1. The summed E-state index contributed by atoms with van der Waals surface area (Å²) in [5.41, 5.74) is 0.520. The van der Waals surface area contributed by atoms with E-state index in [-0.39, 0.29) is 10.9 Å². The predicted molar refractivity (Wildman–Crippen MR) is 85.1 cm³/mol. The lowest BCUT2D eigenvalue weighted by Gasteiger charge is -2.22. The van der Waals surface area contributed by atoms with Gasteiger partial charge >= 0.3 is 12.1 Å². The first-order valence-electron chi connectivity index (χ1n) is 7.00. The Labute approximate surface area is 149 Å². The fourth-order valence-corrected chi connectivity index (χ4v) is 2.72.